The summed E-state index contributed by atoms with van der Waals surface area (Å²) in [5.74, 6) is -2.39. The molecule has 4 N–H and O–H groups in total. The van der Waals surface area contributed by atoms with E-state index in [0.717, 1.165) is 11.3 Å². The first kappa shape index (κ1) is 26.2. The molecule has 188 valence electrons. The maximum atomic E-state index is 13.0. The van der Waals surface area contributed by atoms with E-state index in [1.165, 1.54) is 22.0 Å². The van der Waals surface area contributed by atoms with Crippen LogP contribution < -0.4 is 11.1 Å². The predicted octanol–water partition coefficient (Wildman–Crippen LogP) is 1.22. The fourth-order valence-corrected chi connectivity index (χ4v) is 5.07. The lowest BCUT2D eigenvalue weighted by molar-refractivity contribution is -0.173. The van der Waals surface area contributed by atoms with Crippen LogP contribution in [0.1, 0.15) is 33.4 Å². The number of fused-ring (bicyclic) bond motifs is 1. The van der Waals surface area contributed by atoms with Gasteiger partial charge < -0.3 is 25.7 Å². The number of carbonyl (C=O) groups is 4. The third kappa shape index (κ3) is 5.48. The highest BCUT2D eigenvalue weighted by molar-refractivity contribution is 8.00. The number of aromatic nitrogens is 1. The Morgan fingerprint density at radius 3 is 2.66 bits per heavy atom. The van der Waals surface area contributed by atoms with E-state index in [4.69, 9.17) is 15.2 Å². The van der Waals surface area contributed by atoms with E-state index in [1.54, 1.807) is 39.8 Å². The average molecular weight is 524 g/mol. The van der Waals surface area contributed by atoms with Gasteiger partial charge in [0.15, 0.2) is 10.8 Å². The van der Waals surface area contributed by atoms with Crippen LogP contribution in [-0.4, -0.2) is 68.5 Å². The number of nitrogens with zero attached hydrogens (tertiary/aromatic N) is 3. The van der Waals surface area contributed by atoms with Gasteiger partial charge in [0.2, 0.25) is 6.79 Å². The predicted molar refractivity (Wildman–Crippen MR) is 128 cm³/mol. The summed E-state index contributed by atoms with van der Waals surface area (Å²) >= 11 is 2.40. The Bertz CT molecular complexity index is 1140. The number of esters is 2. The van der Waals surface area contributed by atoms with Crippen molar-refractivity contribution in [1.82, 2.24) is 15.2 Å². The summed E-state index contributed by atoms with van der Waals surface area (Å²) < 4.78 is 10.1. The van der Waals surface area contributed by atoms with E-state index in [9.17, 15) is 24.4 Å². The molecule has 35 heavy (non-hydrogen) atoms. The molecule has 1 saturated heterocycles. The number of hydrogen-bond acceptors (Lipinski definition) is 12. The minimum absolute atomic E-state index is 0.0116. The smallest absolute Gasteiger partial charge is 0.358 e. The van der Waals surface area contributed by atoms with Crippen molar-refractivity contribution in [2.75, 3.05) is 18.3 Å². The fourth-order valence-electron chi connectivity index (χ4n) is 3.20. The number of thiazole rings is 1. The number of thioether (sulfide) groups is 1. The van der Waals surface area contributed by atoms with Crippen molar-refractivity contribution in [3.8, 4) is 0 Å². The Labute approximate surface area is 209 Å². The molecule has 0 spiro atoms. The van der Waals surface area contributed by atoms with Gasteiger partial charge in [-0.1, -0.05) is 17.3 Å². The van der Waals surface area contributed by atoms with Crippen LogP contribution in [0.25, 0.3) is 0 Å². The van der Waals surface area contributed by atoms with E-state index in [0.29, 0.717) is 11.3 Å². The quantitative estimate of drug-likeness (QED) is 0.118. The summed E-state index contributed by atoms with van der Waals surface area (Å²) in [6, 6.07) is -0.978. The molecule has 1 aromatic heterocycles. The van der Waals surface area contributed by atoms with Crippen LogP contribution in [0, 0.1) is 5.41 Å². The molecule has 0 saturated carbocycles. The van der Waals surface area contributed by atoms with Crippen molar-refractivity contribution in [3.63, 3.8) is 0 Å². The zero-order chi connectivity index (χ0) is 25.9. The standard InChI is InChI=1S/C21H25N5O7S2/c1-5-6-10-7-34-17-13(24-15(27)12(25-31)11-8-35-20(22)23-11)16(28)26(17)14(10)18(29)32-9-33-19(30)21(2,3)4/h5-6,8,13,17,31H,7,9H2,1-4H3,(H2,22,23)(H,24,27)/b6-5-,25-12+/t13-,17-/m1/s1. The number of rotatable bonds is 7. The van der Waals surface area contributed by atoms with Crippen LogP contribution in [0.2, 0.25) is 0 Å². The number of nitrogens with two attached hydrogens (primary N) is 1. The highest BCUT2D eigenvalue weighted by Crippen LogP contribution is 2.41. The molecule has 0 aromatic carbocycles. The van der Waals surface area contributed by atoms with Crippen molar-refractivity contribution < 1.29 is 33.9 Å². The van der Waals surface area contributed by atoms with E-state index in [1.807, 2.05) is 0 Å². The second kappa shape index (κ2) is 10.5. The van der Waals surface area contributed by atoms with Gasteiger partial charge in [-0.25, -0.2) is 9.78 Å². The Kier molecular flexibility index (Phi) is 7.85. The Morgan fingerprint density at radius 1 is 1.37 bits per heavy atom. The molecular weight excluding hydrogens is 498 g/mol. The summed E-state index contributed by atoms with van der Waals surface area (Å²) in [7, 11) is 0. The van der Waals surface area contributed by atoms with Crippen molar-refractivity contribution in [3.05, 3.63) is 34.5 Å². The number of β-lactam (4-membered cyclic amide) rings is 1. The second-order valence-corrected chi connectivity index (χ2v) is 10.5. The van der Waals surface area contributed by atoms with E-state index < -0.39 is 53.1 Å². The van der Waals surface area contributed by atoms with Gasteiger partial charge in [-0.3, -0.25) is 19.3 Å². The van der Waals surface area contributed by atoms with Crippen molar-refractivity contribution in [1.29, 1.82) is 0 Å². The second-order valence-electron chi connectivity index (χ2n) is 8.49. The molecular formula is C21H25N5O7S2. The SMILES string of the molecule is C/C=C\C1=C(C(=O)OCOC(=O)C(C)(C)C)N2C(=O)[C@@H](NC(=O)/C(=N/O)c3csc(N)n3)[C@H]2SC1. The molecule has 0 bridgehead atoms. The number of oxime groups is 1. The maximum Gasteiger partial charge on any atom is 0.358 e. The van der Waals surface area contributed by atoms with Crippen molar-refractivity contribution in [2.24, 2.45) is 10.6 Å². The monoisotopic (exact) mass is 523 g/mol. The average Bonchev–Trinajstić information content (AvgIpc) is 3.22. The van der Waals surface area contributed by atoms with Gasteiger partial charge in [0, 0.05) is 11.1 Å². The van der Waals surface area contributed by atoms with Crippen molar-refractivity contribution in [2.45, 2.75) is 39.1 Å². The lowest BCUT2D eigenvalue weighted by Crippen LogP contribution is -2.71. The minimum atomic E-state index is -0.978. The molecule has 1 aromatic rings. The van der Waals surface area contributed by atoms with Gasteiger partial charge in [-0.2, -0.15) is 0 Å². The number of amides is 2. The topological polar surface area (TPSA) is 174 Å². The summed E-state index contributed by atoms with van der Waals surface area (Å²) in [4.78, 5) is 55.5. The van der Waals surface area contributed by atoms with Gasteiger partial charge in [0.1, 0.15) is 22.8 Å². The number of carbonyl (C=O) groups excluding carboxylic acids is 4. The van der Waals surface area contributed by atoms with Crippen LogP contribution in [0.3, 0.4) is 0 Å². The third-order valence-corrected chi connectivity index (χ3v) is 6.89. The highest BCUT2D eigenvalue weighted by atomic mass is 32.2. The highest BCUT2D eigenvalue weighted by Gasteiger charge is 2.54. The first-order valence-corrected chi connectivity index (χ1v) is 12.3. The molecule has 0 aliphatic carbocycles. The molecule has 2 amide bonds. The van der Waals surface area contributed by atoms with Crippen LogP contribution in [0.4, 0.5) is 5.13 Å². The number of allylic oxidation sites excluding steroid dienone is 2. The first-order valence-electron chi connectivity index (χ1n) is 10.4. The van der Waals surface area contributed by atoms with Gasteiger partial charge >= 0.3 is 11.9 Å². The molecule has 3 rings (SSSR count). The van der Waals surface area contributed by atoms with E-state index in [-0.39, 0.29) is 16.5 Å². The van der Waals surface area contributed by atoms with Gasteiger partial charge in [-0.05, 0) is 33.3 Å². The molecule has 14 heteroatoms. The van der Waals surface area contributed by atoms with Gasteiger partial charge in [-0.15, -0.1) is 23.1 Å². The Hall–Kier alpha value is -3.39. The first-order chi connectivity index (χ1) is 16.5. The third-order valence-electron chi connectivity index (χ3n) is 4.92. The lowest BCUT2D eigenvalue weighted by atomic mass is 9.98. The Balaban J connectivity index is 1.72. The summed E-state index contributed by atoms with van der Waals surface area (Å²) in [5.41, 5.74) is 5.03. The molecule has 1 fully saturated rings. The number of ether oxygens (including phenoxy) is 2. The fraction of sp³-hybridized carbons (Fsp3) is 0.429. The molecule has 3 heterocycles. The largest absolute Gasteiger partial charge is 0.427 e. The van der Waals surface area contributed by atoms with Crippen LogP contribution >= 0.6 is 23.1 Å². The zero-order valence-electron chi connectivity index (χ0n) is 19.4. The van der Waals surface area contributed by atoms with E-state index >= 15 is 0 Å². The molecule has 12 nitrogen and oxygen atoms in total. The van der Waals surface area contributed by atoms with Crippen molar-refractivity contribution >= 4 is 57.7 Å². The number of hydrogen-bond donors (Lipinski definition) is 3. The summed E-state index contributed by atoms with van der Waals surface area (Å²) in [6.07, 6.45) is 3.40. The molecule has 0 radical (unpaired) electrons. The zero-order valence-corrected chi connectivity index (χ0v) is 21.1. The summed E-state index contributed by atoms with van der Waals surface area (Å²) in [6.45, 7) is 6.15. The molecule has 2 aliphatic heterocycles. The van der Waals surface area contributed by atoms with Gasteiger partial charge in [0.05, 0.1) is 5.41 Å². The molecule has 2 atom stereocenters. The maximum absolute atomic E-state index is 13.0. The Morgan fingerprint density at radius 2 is 2.09 bits per heavy atom. The van der Waals surface area contributed by atoms with Crippen LogP contribution in [0.5, 0.6) is 0 Å². The molecule has 2 aliphatic rings. The van der Waals surface area contributed by atoms with Crippen LogP contribution in [-0.2, 0) is 28.7 Å². The van der Waals surface area contributed by atoms with Crippen LogP contribution in [0.15, 0.2) is 34.0 Å². The normalized spacial score (nSPS) is 20.4. The summed E-state index contributed by atoms with van der Waals surface area (Å²) in [5, 5.41) is 15.8. The van der Waals surface area contributed by atoms with Gasteiger partial charge in [0.25, 0.3) is 11.8 Å². The number of nitrogens with one attached hydrogen (secondary N) is 1. The minimum Gasteiger partial charge on any atom is -0.427 e. The molecule has 0 unspecified atom stereocenters. The number of nitrogen functional groups attached to an aromatic ring is 1. The number of anilines is 1. The lowest BCUT2D eigenvalue weighted by Gasteiger charge is -2.49. The van der Waals surface area contributed by atoms with E-state index in [2.05, 4.69) is 15.5 Å².